The Morgan fingerprint density at radius 1 is 1.12 bits per heavy atom. The third kappa shape index (κ3) is 3.70. The first-order chi connectivity index (χ1) is 8.24. The van der Waals surface area contributed by atoms with Crippen molar-refractivity contribution < 1.29 is 4.79 Å². The molecule has 0 saturated heterocycles. The van der Waals surface area contributed by atoms with Gasteiger partial charge in [-0.3, -0.25) is 4.79 Å². The van der Waals surface area contributed by atoms with Gasteiger partial charge in [0.15, 0.2) is 0 Å². The molecule has 17 heavy (non-hydrogen) atoms. The molecule has 0 aliphatic heterocycles. The van der Waals surface area contributed by atoms with Crippen LogP contribution in [0.3, 0.4) is 0 Å². The van der Waals surface area contributed by atoms with Gasteiger partial charge < -0.3 is 5.32 Å². The van der Waals surface area contributed by atoms with E-state index in [4.69, 9.17) is 0 Å². The zero-order valence-corrected chi connectivity index (χ0v) is 12.2. The summed E-state index contributed by atoms with van der Waals surface area (Å²) in [6, 6.07) is 0. The van der Waals surface area contributed by atoms with Gasteiger partial charge in [-0.25, -0.2) is 0 Å². The largest absolute Gasteiger partial charge is 0.350 e. The summed E-state index contributed by atoms with van der Waals surface area (Å²) < 4.78 is 0. The van der Waals surface area contributed by atoms with Crippen molar-refractivity contribution in [1.29, 1.82) is 0 Å². The number of carbonyl (C=O) groups excluding carboxylic acids is 1. The van der Waals surface area contributed by atoms with Gasteiger partial charge in [-0.05, 0) is 38.0 Å². The van der Waals surface area contributed by atoms with Gasteiger partial charge >= 0.3 is 0 Å². The maximum absolute atomic E-state index is 12.1. The molecule has 0 aromatic carbocycles. The molecule has 0 aromatic rings. The minimum atomic E-state index is 0.0990. The van der Waals surface area contributed by atoms with Crippen LogP contribution in [0.2, 0.25) is 0 Å². The summed E-state index contributed by atoms with van der Waals surface area (Å²) in [7, 11) is 0. The predicted molar refractivity (Wildman–Crippen MR) is 74.3 cm³/mol. The molecule has 0 heterocycles. The number of hydrogen-bond donors (Lipinski definition) is 1. The van der Waals surface area contributed by atoms with E-state index in [0.717, 1.165) is 24.6 Å². The van der Waals surface area contributed by atoms with Gasteiger partial charge in [0.25, 0.3) is 0 Å². The molecule has 2 aliphatic carbocycles. The standard InChI is InChI=1S/C14H24BrNO/c15-11-14(8-5-9-14)16-13(17)10-12-6-3-1-2-4-7-12/h12H,1-11H2,(H,16,17). The number of alkyl halides is 1. The molecule has 0 unspecified atom stereocenters. The van der Waals surface area contributed by atoms with Crippen molar-refractivity contribution >= 4 is 21.8 Å². The van der Waals surface area contributed by atoms with Crippen LogP contribution < -0.4 is 5.32 Å². The Kier molecular flexibility index (Phi) is 4.89. The topological polar surface area (TPSA) is 29.1 Å². The van der Waals surface area contributed by atoms with Gasteiger partial charge in [-0.15, -0.1) is 0 Å². The molecule has 0 bridgehead atoms. The van der Waals surface area contributed by atoms with Gasteiger partial charge in [0.1, 0.15) is 0 Å². The van der Waals surface area contributed by atoms with E-state index >= 15 is 0 Å². The van der Waals surface area contributed by atoms with Crippen LogP contribution in [0.1, 0.15) is 64.2 Å². The maximum atomic E-state index is 12.1. The first-order valence-corrected chi connectivity index (χ1v) is 8.23. The van der Waals surface area contributed by atoms with Crippen LogP contribution in [0.15, 0.2) is 0 Å². The molecule has 2 nitrogen and oxygen atoms in total. The van der Waals surface area contributed by atoms with Crippen molar-refractivity contribution in [2.45, 2.75) is 69.7 Å². The Labute approximate surface area is 113 Å². The summed E-state index contributed by atoms with van der Waals surface area (Å²) in [5.41, 5.74) is 0.0990. The lowest BCUT2D eigenvalue weighted by molar-refractivity contribution is -0.124. The van der Waals surface area contributed by atoms with E-state index in [1.54, 1.807) is 0 Å². The van der Waals surface area contributed by atoms with Gasteiger partial charge in [0.2, 0.25) is 5.91 Å². The molecule has 0 atom stereocenters. The van der Waals surface area contributed by atoms with Crippen molar-refractivity contribution in [3.8, 4) is 0 Å². The fourth-order valence-electron chi connectivity index (χ4n) is 3.07. The Balaban J connectivity index is 1.76. The molecule has 1 N–H and O–H groups in total. The van der Waals surface area contributed by atoms with Gasteiger partial charge in [0.05, 0.1) is 0 Å². The third-order valence-corrected chi connectivity index (χ3v) is 5.49. The predicted octanol–water partition coefficient (Wildman–Crippen LogP) is 3.78. The highest BCUT2D eigenvalue weighted by atomic mass is 79.9. The van der Waals surface area contributed by atoms with E-state index in [9.17, 15) is 4.79 Å². The van der Waals surface area contributed by atoms with E-state index in [1.165, 1.54) is 44.9 Å². The maximum Gasteiger partial charge on any atom is 0.220 e. The molecule has 0 aromatic heterocycles. The van der Waals surface area contributed by atoms with E-state index in [0.29, 0.717) is 5.92 Å². The summed E-state index contributed by atoms with van der Waals surface area (Å²) in [6.07, 6.45) is 12.2. The number of halogens is 1. The Morgan fingerprint density at radius 3 is 2.24 bits per heavy atom. The third-order valence-electron chi connectivity index (χ3n) is 4.42. The molecule has 2 aliphatic rings. The summed E-state index contributed by atoms with van der Waals surface area (Å²) in [6.45, 7) is 0. The zero-order valence-electron chi connectivity index (χ0n) is 10.6. The van der Waals surface area contributed by atoms with E-state index in [2.05, 4.69) is 21.2 Å². The van der Waals surface area contributed by atoms with Gasteiger partial charge in [-0.2, -0.15) is 0 Å². The van der Waals surface area contributed by atoms with Crippen molar-refractivity contribution in [1.82, 2.24) is 5.32 Å². The lowest BCUT2D eigenvalue weighted by atomic mass is 9.78. The average molecular weight is 302 g/mol. The molecule has 2 fully saturated rings. The van der Waals surface area contributed by atoms with Crippen molar-refractivity contribution in [3.05, 3.63) is 0 Å². The second-order valence-corrected chi connectivity index (χ2v) is 6.44. The summed E-state index contributed by atoms with van der Waals surface area (Å²) in [4.78, 5) is 12.1. The first kappa shape index (κ1) is 13.4. The molecule has 1 amide bonds. The highest BCUT2D eigenvalue weighted by Crippen LogP contribution is 2.34. The van der Waals surface area contributed by atoms with Crippen LogP contribution in [0, 0.1) is 5.92 Å². The van der Waals surface area contributed by atoms with Gasteiger partial charge in [-0.1, -0.05) is 41.6 Å². The zero-order chi connectivity index (χ0) is 12.1. The smallest absolute Gasteiger partial charge is 0.220 e. The van der Waals surface area contributed by atoms with Crippen LogP contribution in [0.5, 0.6) is 0 Å². The molecule has 3 heteroatoms. The lowest BCUT2D eigenvalue weighted by Crippen LogP contribution is -2.55. The minimum absolute atomic E-state index is 0.0990. The summed E-state index contributed by atoms with van der Waals surface area (Å²) in [5, 5.41) is 4.17. The number of rotatable bonds is 4. The fraction of sp³-hybridized carbons (Fsp3) is 0.929. The van der Waals surface area contributed by atoms with E-state index < -0.39 is 0 Å². The van der Waals surface area contributed by atoms with Crippen LogP contribution in [0.4, 0.5) is 0 Å². The highest BCUT2D eigenvalue weighted by Gasteiger charge is 2.37. The number of amides is 1. The molecule has 0 spiro atoms. The second-order valence-electron chi connectivity index (χ2n) is 5.88. The Hall–Kier alpha value is -0.0500. The minimum Gasteiger partial charge on any atom is -0.350 e. The van der Waals surface area contributed by atoms with E-state index in [-0.39, 0.29) is 11.4 Å². The quantitative estimate of drug-likeness (QED) is 0.621. The number of nitrogens with one attached hydrogen (secondary N) is 1. The van der Waals surface area contributed by atoms with Crippen LogP contribution in [-0.2, 0) is 4.79 Å². The molecule has 2 saturated carbocycles. The normalized spacial score (nSPS) is 24.8. The molecular weight excluding hydrogens is 278 g/mol. The van der Waals surface area contributed by atoms with Crippen LogP contribution >= 0.6 is 15.9 Å². The molecular formula is C14H24BrNO. The summed E-state index contributed by atoms with van der Waals surface area (Å²) in [5.74, 6) is 0.931. The lowest BCUT2D eigenvalue weighted by Gasteiger charge is -2.41. The number of carbonyl (C=O) groups is 1. The van der Waals surface area contributed by atoms with Crippen molar-refractivity contribution in [3.63, 3.8) is 0 Å². The van der Waals surface area contributed by atoms with Crippen molar-refractivity contribution in [2.24, 2.45) is 5.92 Å². The SMILES string of the molecule is O=C(CC1CCCCCC1)NC1(CBr)CCC1. The van der Waals surface area contributed by atoms with Crippen LogP contribution in [0.25, 0.3) is 0 Å². The van der Waals surface area contributed by atoms with Crippen molar-refractivity contribution in [2.75, 3.05) is 5.33 Å². The average Bonchev–Trinajstić information content (AvgIpc) is 2.52. The Bertz CT molecular complexity index is 249. The highest BCUT2D eigenvalue weighted by molar-refractivity contribution is 9.09. The monoisotopic (exact) mass is 301 g/mol. The second kappa shape index (κ2) is 6.21. The number of hydrogen-bond acceptors (Lipinski definition) is 1. The van der Waals surface area contributed by atoms with Crippen LogP contribution in [-0.4, -0.2) is 16.8 Å². The molecule has 98 valence electrons. The van der Waals surface area contributed by atoms with E-state index in [1.807, 2.05) is 0 Å². The molecule has 2 rings (SSSR count). The fourth-order valence-corrected chi connectivity index (χ4v) is 3.77. The van der Waals surface area contributed by atoms with Gasteiger partial charge in [0, 0.05) is 17.3 Å². The summed E-state index contributed by atoms with van der Waals surface area (Å²) >= 11 is 3.53. The molecule has 0 radical (unpaired) electrons. The first-order valence-electron chi connectivity index (χ1n) is 7.11. The Morgan fingerprint density at radius 2 is 1.76 bits per heavy atom.